The molecule has 1 aromatic carbocycles. The normalized spacial score (nSPS) is 10.2. The molecule has 0 N–H and O–H groups in total. The largest absolute Gasteiger partial charge is 0.377 e. The van der Waals surface area contributed by atoms with E-state index < -0.39 is 4.92 Å². The Bertz CT molecular complexity index is 484. The Kier molecular flexibility index (Phi) is 5.81. The van der Waals surface area contributed by atoms with Gasteiger partial charge in [0.1, 0.15) is 5.78 Å². The summed E-state index contributed by atoms with van der Waals surface area (Å²) in [4.78, 5) is 31.4. The molecule has 1 rings (SSSR count). The molecule has 101 valence electrons. The number of carbonyl (C=O) groups is 1. The highest BCUT2D eigenvalue weighted by molar-refractivity contribution is 5.79. The first-order valence-electron chi connectivity index (χ1n) is 5.77. The van der Waals surface area contributed by atoms with Crippen LogP contribution in [0.3, 0.4) is 0 Å². The molecule has 0 aliphatic heterocycles. The average molecular weight is 264 g/mol. The first kappa shape index (κ1) is 15.0. The van der Waals surface area contributed by atoms with E-state index in [-0.39, 0.29) is 23.6 Å². The van der Waals surface area contributed by atoms with Crippen molar-refractivity contribution in [2.45, 2.75) is 26.4 Å². The number of rotatable bonds is 8. The summed E-state index contributed by atoms with van der Waals surface area (Å²) in [5.74, 6) is 0.0980. The van der Waals surface area contributed by atoms with E-state index in [1.54, 1.807) is 6.29 Å². The summed E-state index contributed by atoms with van der Waals surface area (Å²) < 4.78 is 5.31. The average Bonchev–Trinajstić information content (AvgIpc) is 2.37. The zero-order chi connectivity index (χ0) is 14.3. The molecule has 0 spiro atoms. The van der Waals surface area contributed by atoms with Crippen LogP contribution in [0.15, 0.2) is 18.2 Å². The van der Waals surface area contributed by atoms with Gasteiger partial charge in [-0.3, -0.25) is 14.9 Å². The third kappa shape index (κ3) is 4.97. The topological polar surface area (TPSA) is 86.5 Å². The van der Waals surface area contributed by atoms with Gasteiger partial charge in [0, 0.05) is 30.7 Å². The number of hydrogen-bond donors (Lipinski definition) is 0. The first-order chi connectivity index (χ1) is 9.04. The number of non-ortho nitro benzene ring substituents is 1. The fourth-order valence-corrected chi connectivity index (χ4v) is 1.50. The number of hydrogen-bond acceptors (Lipinski definition) is 5. The molecule has 0 aliphatic rings. The lowest BCUT2D eigenvalue weighted by Gasteiger charge is -2.05. The zero-order valence-electron chi connectivity index (χ0n) is 10.5. The van der Waals surface area contributed by atoms with Crippen molar-refractivity contribution in [3.05, 3.63) is 39.4 Å². The van der Waals surface area contributed by atoms with Gasteiger partial charge >= 0.3 is 0 Å². The summed E-state index contributed by atoms with van der Waals surface area (Å²) in [6.45, 7) is 2.07. The van der Waals surface area contributed by atoms with Gasteiger partial charge in [-0.1, -0.05) is 0 Å². The van der Waals surface area contributed by atoms with E-state index in [1.165, 1.54) is 25.1 Å². The molecule has 0 fully saturated rings. The lowest BCUT2D eigenvalue weighted by molar-refractivity contribution is -0.384. The zero-order valence-corrected chi connectivity index (χ0v) is 10.5. The maximum absolute atomic E-state index is 10.7. The number of ketones is 1. The van der Waals surface area contributed by atoms with Gasteiger partial charge < -0.3 is 9.53 Å². The molecule has 0 aromatic heterocycles. The van der Waals surface area contributed by atoms with Crippen LogP contribution in [-0.4, -0.2) is 23.6 Å². The highest BCUT2D eigenvalue weighted by atomic mass is 16.6. The summed E-state index contributed by atoms with van der Waals surface area (Å²) in [6.07, 6.45) is 2.73. The molecule has 6 heteroatoms. The monoisotopic (exact) mass is 264 g/mol. The molecule has 0 atom stereocenters. The number of nitrogens with zero attached hydrogens (tertiary/aromatic N) is 1. The molecule has 1 aromatic rings. The lowest BCUT2D eigenvalue weighted by atomic mass is 10.1. The fraction of sp³-hybridized carbons (Fsp3) is 0.385. The van der Waals surface area contributed by atoms with E-state index in [0.717, 1.165) is 0 Å². The molecule has 19 heavy (non-hydrogen) atoms. The highest BCUT2D eigenvalue weighted by Crippen LogP contribution is 2.17. The number of nitro benzene ring substituents is 1. The molecule has 0 bridgehead atoms. The van der Waals surface area contributed by atoms with Crippen molar-refractivity contribution in [2.24, 2.45) is 0 Å². The predicted octanol–water partition coefficient (Wildman–Crippen LogP) is 1.94. The van der Waals surface area contributed by atoms with E-state index in [2.05, 4.69) is 0 Å². The van der Waals surface area contributed by atoms with Crippen LogP contribution >= 0.6 is 0 Å². The van der Waals surface area contributed by atoms with Crippen LogP contribution in [0.5, 0.6) is 0 Å². The summed E-state index contributed by atoms with van der Waals surface area (Å²) in [5.41, 5.74) is 0.517. The van der Waals surface area contributed by atoms with Crippen molar-refractivity contribution in [3.63, 3.8) is 0 Å². The summed E-state index contributed by atoms with van der Waals surface area (Å²) >= 11 is 0. The molecule has 0 saturated carbocycles. The van der Waals surface area contributed by atoms with Crippen LogP contribution < -0.4 is 0 Å². The molecule has 0 amide bonds. The quantitative estimate of drug-likeness (QED) is 0.407. The predicted molar refractivity (Wildman–Crippen MR) is 67.5 cm³/mol. The third-order valence-electron chi connectivity index (χ3n) is 2.49. The highest BCUT2D eigenvalue weighted by Gasteiger charge is 2.10. The number of carbonyl (C=O) groups excluding carboxylic acids is 2. The van der Waals surface area contributed by atoms with Crippen molar-refractivity contribution in [2.75, 3.05) is 6.61 Å². The molecule has 1 radical (unpaired) electrons. The van der Waals surface area contributed by atoms with Gasteiger partial charge in [-0.2, -0.15) is 0 Å². The Hall–Kier alpha value is -2.08. The second-order valence-electron chi connectivity index (χ2n) is 4.06. The number of benzene rings is 1. The van der Waals surface area contributed by atoms with E-state index in [0.29, 0.717) is 25.0 Å². The molecule has 0 unspecified atom stereocenters. The first-order valence-corrected chi connectivity index (χ1v) is 5.77. The maximum Gasteiger partial charge on any atom is 0.270 e. The lowest BCUT2D eigenvalue weighted by Crippen LogP contribution is -2.02. The number of ether oxygens (including phenoxy) is 1. The van der Waals surface area contributed by atoms with Gasteiger partial charge in [0.05, 0.1) is 11.5 Å². The van der Waals surface area contributed by atoms with Crippen LogP contribution in [-0.2, 0) is 20.9 Å². The van der Waals surface area contributed by atoms with Gasteiger partial charge in [0.25, 0.3) is 5.69 Å². The fourth-order valence-electron chi connectivity index (χ4n) is 1.50. The third-order valence-corrected chi connectivity index (χ3v) is 2.49. The summed E-state index contributed by atoms with van der Waals surface area (Å²) in [6, 6.07) is 3.96. The van der Waals surface area contributed by atoms with Crippen molar-refractivity contribution in [1.29, 1.82) is 0 Å². The smallest absolute Gasteiger partial charge is 0.270 e. The number of Topliss-reactive ketones (excluding diaryl/α,β-unsaturated/α-hetero) is 1. The Morgan fingerprint density at radius 2 is 2.21 bits per heavy atom. The Morgan fingerprint density at radius 1 is 1.47 bits per heavy atom. The minimum absolute atomic E-state index is 0.0980. The minimum atomic E-state index is -0.571. The second kappa shape index (κ2) is 7.38. The molecule has 0 heterocycles. The van der Waals surface area contributed by atoms with Crippen LogP contribution in [0.1, 0.15) is 30.9 Å². The molecule has 6 nitrogen and oxygen atoms in total. The Balaban J connectivity index is 2.56. The maximum atomic E-state index is 10.7. The van der Waals surface area contributed by atoms with E-state index >= 15 is 0 Å². The van der Waals surface area contributed by atoms with Crippen molar-refractivity contribution in [3.8, 4) is 0 Å². The minimum Gasteiger partial charge on any atom is -0.377 e. The van der Waals surface area contributed by atoms with E-state index in [4.69, 9.17) is 4.74 Å². The van der Waals surface area contributed by atoms with Gasteiger partial charge in [-0.05, 0) is 25.0 Å². The molecular formula is C13H14NO5. The second-order valence-corrected chi connectivity index (χ2v) is 4.06. The SMILES string of the molecule is CC(=O)CCCOCc1ccc([N+](=O)[O-])cc1[C]=O. The molecule has 0 saturated heterocycles. The van der Waals surface area contributed by atoms with Crippen molar-refractivity contribution >= 4 is 17.8 Å². The van der Waals surface area contributed by atoms with Crippen molar-refractivity contribution < 1.29 is 19.2 Å². The summed E-state index contributed by atoms with van der Waals surface area (Å²) in [5, 5.41) is 10.6. The van der Waals surface area contributed by atoms with Crippen LogP contribution in [0.25, 0.3) is 0 Å². The molecule has 0 aliphatic carbocycles. The molecular weight excluding hydrogens is 250 g/mol. The summed E-state index contributed by atoms with van der Waals surface area (Å²) in [7, 11) is 0. The van der Waals surface area contributed by atoms with E-state index in [1.807, 2.05) is 0 Å². The Morgan fingerprint density at radius 3 is 2.79 bits per heavy atom. The van der Waals surface area contributed by atoms with Crippen LogP contribution in [0.2, 0.25) is 0 Å². The van der Waals surface area contributed by atoms with Gasteiger partial charge in [0.15, 0.2) is 0 Å². The van der Waals surface area contributed by atoms with Crippen LogP contribution in [0.4, 0.5) is 5.69 Å². The van der Waals surface area contributed by atoms with E-state index in [9.17, 15) is 19.7 Å². The van der Waals surface area contributed by atoms with Gasteiger partial charge in [-0.15, -0.1) is 0 Å². The van der Waals surface area contributed by atoms with Crippen molar-refractivity contribution in [1.82, 2.24) is 0 Å². The number of nitro groups is 1. The Labute approximate surface area is 110 Å². The van der Waals surface area contributed by atoms with Gasteiger partial charge in [-0.25, -0.2) is 0 Å². The van der Waals surface area contributed by atoms with Gasteiger partial charge in [0.2, 0.25) is 6.29 Å². The standard InChI is InChI=1S/C13H14NO5/c1-10(16)3-2-6-19-9-11-4-5-13(14(17)18)7-12(11)8-15/h4-5,7H,2-3,6,9H2,1H3. The van der Waals surface area contributed by atoms with Crippen LogP contribution in [0, 0.1) is 10.1 Å².